The molecular weight excluding hydrogens is 244 g/mol. The average molecular weight is 266 g/mol. The van der Waals surface area contributed by atoms with Crippen LogP contribution >= 0.6 is 0 Å². The third-order valence-electron chi connectivity index (χ3n) is 3.63. The van der Waals surface area contributed by atoms with Gasteiger partial charge in [0.1, 0.15) is 0 Å². The van der Waals surface area contributed by atoms with Crippen LogP contribution in [0.4, 0.5) is 5.69 Å². The second-order valence-electron chi connectivity index (χ2n) is 5.07. The summed E-state index contributed by atoms with van der Waals surface area (Å²) in [6.07, 6.45) is 0. The molecule has 1 aromatic carbocycles. The molecule has 2 rings (SSSR count). The van der Waals surface area contributed by atoms with Gasteiger partial charge in [0.15, 0.2) is 11.5 Å². The molecular formula is C14H22N2O3. The minimum absolute atomic E-state index is 0.0691. The van der Waals surface area contributed by atoms with Crippen molar-refractivity contribution in [2.24, 2.45) is 11.1 Å². The number of nitrogens with one attached hydrogen (secondary N) is 1. The van der Waals surface area contributed by atoms with Crippen molar-refractivity contribution >= 4 is 5.69 Å². The van der Waals surface area contributed by atoms with E-state index in [-0.39, 0.29) is 5.41 Å². The summed E-state index contributed by atoms with van der Waals surface area (Å²) < 4.78 is 15.9. The number of hydrogen-bond acceptors (Lipinski definition) is 5. The largest absolute Gasteiger partial charge is 0.493 e. The lowest BCUT2D eigenvalue weighted by atomic mass is 9.86. The van der Waals surface area contributed by atoms with Crippen LogP contribution in [0.15, 0.2) is 12.1 Å². The molecule has 0 saturated carbocycles. The number of aryl methyl sites for hydroxylation is 1. The monoisotopic (exact) mass is 266 g/mol. The maximum Gasteiger partial charge on any atom is 0.162 e. The molecule has 0 aromatic heterocycles. The zero-order chi connectivity index (χ0) is 13.9. The third-order valence-corrected chi connectivity index (χ3v) is 3.63. The van der Waals surface area contributed by atoms with Gasteiger partial charge in [-0.05, 0) is 18.6 Å². The van der Waals surface area contributed by atoms with Crippen molar-refractivity contribution in [3.63, 3.8) is 0 Å². The van der Waals surface area contributed by atoms with E-state index in [0.29, 0.717) is 6.54 Å². The van der Waals surface area contributed by atoms with Crippen LogP contribution in [-0.2, 0) is 4.74 Å². The topological polar surface area (TPSA) is 65.7 Å². The molecule has 0 bridgehead atoms. The molecule has 1 aliphatic heterocycles. The molecule has 0 spiro atoms. The number of benzene rings is 1. The Hall–Kier alpha value is -1.46. The van der Waals surface area contributed by atoms with E-state index >= 15 is 0 Å². The van der Waals surface area contributed by atoms with Gasteiger partial charge in [0.05, 0.1) is 27.4 Å². The van der Waals surface area contributed by atoms with Crippen LogP contribution in [0, 0.1) is 12.3 Å². The van der Waals surface area contributed by atoms with E-state index in [0.717, 1.165) is 42.5 Å². The molecule has 0 unspecified atom stereocenters. The van der Waals surface area contributed by atoms with Gasteiger partial charge in [0.25, 0.3) is 0 Å². The summed E-state index contributed by atoms with van der Waals surface area (Å²) in [6, 6.07) is 3.92. The molecule has 1 aromatic rings. The highest BCUT2D eigenvalue weighted by Gasteiger charge is 2.37. The fraction of sp³-hybridized carbons (Fsp3) is 0.571. The minimum atomic E-state index is 0.0691. The van der Waals surface area contributed by atoms with Crippen molar-refractivity contribution in [2.45, 2.75) is 6.92 Å². The molecule has 5 heteroatoms. The van der Waals surface area contributed by atoms with Crippen LogP contribution < -0.4 is 20.5 Å². The second kappa shape index (κ2) is 5.67. The smallest absolute Gasteiger partial charge is 0.162 e. The Labute approximate surface area is 114 Å². The van der Waals surface area contributed by atoms with Gasteiger partial charge in [-0.15, -0.1) is 0 Å². The fourth-order valence-electron chi connectivity index (χ4n) is 2.14. The number of ether oxygens (including phenoxy) is 3. The van der Waals surface area contributed by atoms with Crippen molar-refractivity contribution in [3.8, 4) is 11.5 Å². The zero-order valence-corrected chi connectivity index (χ0v) is 11.8. The van der Waals surface area contributed by atoms with Gasteiger partial charge in [0, 0.05) is 30.3 Å². The van der Waals surface area contributed by atoms with Crippen LogP contribution in [-0.4, -0.2) is 40.5 Å². The lowest BCUT2D eigenvalue weighted by Crippen LogP contribution is -2.52. The van der Waals surface area contributed by atoms with E-state index < -0.39 is 0 Å². The SMILES string of the molecule is COc1cc(C)c(NCC2(CN)COC2)cc1OC. The Balaban J connectivity index is 2.11. The van der Waals surface area contributed by atoms with Gasteiger partial charge in [-0.2, -0.15) is 0 Å². The molecule has 1 saturated heterocycles. The summed E-state index contributed by atoms with van der Waals surface area (Å²) in [5.74, 6) is 1.47. The molecule has 19 heavy (non-hydrogen) atoms. The summed E-state index contributed by atoms with van der Waals surface area (Å²) in [6.45, 7) is 4.93. The number of nitrogens with two attached hydrogens (primary N) is 1. The van der Waals surface area contributed by atoms with Crippen LogP contribution in [0.5, 0.6) is 11.5 Å². The Bertz CT molecular complexity index is 439. The Kier molecular flexibility index (Phi) is 4.17. The van der Waals surface area contributed by atoms with E-state index in [9.17, 15) is 0 Å². The van der Waals surface area contributed by atoms with Crippen LogP contribution in [0.1, 0.15) is 5.56 Å². The van der Waals surface area contributed by atoms with Gasteiger partial charge in [-0.1, -0.05) is 0 Å². The van der Waals surface area contributed by atoms with E-state index in [4.69, 9.17) is 19.9 Å². The Morgan fingerprint density at radius 3 is 2.37 bits per heavy atom. The van der Waals surface area contributed by atoms with Crippen molar-refractivity contribution in [1.82, 2.24) is 0 Å². The average Bonchev–Trinajstić information content (AvgIpc) is 2.39. The number of methoxy groups -OCH3 is 2. The first-order valence-electron chi connectivity index (χ1n) is 6.38. The van der Waals surface area contributed by atoms with E-state index in [1.807, 2.05) is 19.1 Å². The molecule has 3 N–H and O–H groups in total. The quantitative estimate of drug-likeness (QED) is 0.814. The van der Waals surface area contributed by atoms with E-state index in [2.05, 4.69) is 5.32 Å². The summed E-state index contributed by atoms with van der Waals surface area (Å²) in [7, 11) is 3.28. The summed E-state index contributed by atoms with van der Waals surface area (Å²) in [5.41, 5.74) is 8.03. The van der Waals surface area contributed by atoms with Crippen molar-refractivity contribution in [1.29, 1.82) is 0 Å². The standard InChI is InChI=1S/C14H22N2O3/c1-10-4-12(17-2)13(18-3)5-11(10)16-7-14(6-15)8-19-9-14/h4-5,16H,6-9,15H2,1-3H3. The third kappa shape index (κ3) is 2.77. The predicted molar refractivity (Wildman–Crippen MR) is 75.1 cm³/mol. The number of rotatable bonds is 6. The first-order valence-corrected chi connectivity index (χ1v) is 6.38. The summed E-state index contributed by atoms with van der Waals surface area (Å²) in [4.78, 5) is 0. The Morgan fingerprint density at radius 1 is 1.26 bits per heavy atom. The lowest BCUT2D eigenvalue weighted by Gasteiger charge is -2.40. The van der Waals surface area contributed by atoms with Gasteiger partial charge in [0.2, 0.25) is 0 Å². The summed E-state index contributed by atoms with van der Waals surface area (Å²) >= 11 is 0. The fourth-order valence-corrected chi connectivity index (χ4v) is 2.14. The van der Waals surface area contributed by atoms with Gasteiger partial charge in [-0.3, -0.25) is 0 Å². The van der Waals surface area contributed by atoms with Gasteiger partial charge < -0.3 is 25.3 Å². The first-order chi connectivity index (χ1) is 9.14. The van der Waals surface area contributed by atoms with Crippen molar-refractivity contribution in [3.05, 3.63) is 17.7 Å². The lowest BCUT2D eigenvalue weighted by molar-refractivity contribution is -0.0979. The van der Waals surface area contributed by atoms with Crippen LogP contribution in [0.25, 0.3) is 0 Å². The second-order valence-corrected chi connectivity index (χ2v) is 5.07. The Morgan fingerprint density at radius 2 is 1.89 bits per heavy atom. The van der Waals surface area contributed by atoms with Crippen molar-refractivity contribution in [2.75, 3.05) is 45.8 Å². The van der Waals surface area contributed by atoms with E-state index in [1.165, 1.54) is 0 Å². The normalized spacial score (nSPS) is 16.6. The highest BCUT2D eigenvalue weighted by molar-refractivity contribution is 5.60. The van der Waals surface area contributed by atoms with Crippen molar-refractivity contribution < 1.29 is 14.2 Å². The highest BCUT2D eigenvalue weighted by Crippen LogP contribution is 2.34. The summed E-state index contributed by atoms with van der Waals surface area (Å²) in [5, 5.41) is 3.44. The van der Waals surface area contributed by atoms with Crippen LogP contribution in [0.2, 0.25) is 0 Å². The molecule has 5 nitrogen and oxygen atoms in total. The van der Waals surface area contributed by atoms with Crippen LogP contribution in [0.3, 0.4) is 0 Å². The molecule has 1 heterocycles. The molecule has 0 amide bonds. The number of anilines is 1. The van der Waals surface area contributed by atoms with E-state index in [1.54, 1.807) is 14.2 Å². The maximum absolute atomic E-state index is 5.81. The molecule has 1 aliphatic rings. The minimum Gasteiger partial charge on any atom is -0.493 e. The molecule has 0 aliphatic carbocycles. The molecule has 106 valence electrons. The van der Waals surface area contributed by atoms with Gasteiger partial charge >= 0.3 is 0 Å². The molecule has 1 fully saturated rings. The maximum atomic E-state index is 5.81. The number of hydrogen-bond donors (Lipinski definition) is 2. The first kappa shape index (κ1) is 14.0. The molecule has 0 atom stereocenters. The molecule has 0 radical (unpaired) electrons. The van der Waals surface area contributed by atoms with Gasteiger partial charge in [-0.25, -0.2) is 0 Å². The highest BCUT2D eigenvalue weighted by atomic mass is 16.5. The predicted octanol–water partition coefficient (Wildman–Crippen LogP) is 1.40. The zero-order valence-electron chi connectivity index (χ0n) is 11.8.